The molecule has 1 aromatic rings. The summed E-state index contributed by atoms with van der Waals surface area (Å²) < 4.78 is 25.7. The van der Waals surface area contributed by atoms with Crippen molar-refractivity contribution in [2.75, 3.05) is 20.6 Å². The average Bonchev–Trinajstić information content (AvgIpc) is 2.81. The molecule has 1 heterocycles. The summed E-state index contributed by atoms with van der Waals surface area (Å²) in [7, 11) is -0.741. The molecular formula is C14H18N2O5S. The molecule has 2 rings (SSSR count). The quantitative estimate of drug-likeness (QED) is 0.843. The number of hydrogen-bond donors (Lipinski definition) is 1. The molecule has 0 unspecified atom stereocenters. The second kappa shape index (κ2) is 6.05. The van der Waals surface area contributed by atoms with E-state index in [1.165, 1.54) is 25.1 Å². The van der Waals surface area contributed by atoms with E-state index in [0.29, 0.717) is 5.56 Å². The van der Waals surface area contributed by atoms with Gasteiger partial charge in [0.15, 0.2) is 0 Å². The van der Waals surface area contributed by atoms with Crippen LogP contribution in [0.4, 0.5) is 0 Å². The molecule has 8 heteroatoms. The third kappa shape index (κ3) is 3.12. The third-order valence-electron chi connectivity index (χ3n) is 3.66. The Labute approximate surface area is 129 Å². The number of aliphatic carboxylic acids is 1. The van der Waals surface area contributed by atoms with Gasteiger partial charge in [0.2, 0.25) is 15.9 Å². The van der Waals surface area contributed by atoms with Crippen molar-refractivity contribution in [3.8, 4) is 0 Å². The van der Waals surface area contributed by atoms with Gasteiger partial charge < -0.3 is 10.0 Å². The Morgan fingerprint density at radius 2 is 2.00 bits per heavy atom. The SMILES string of the molecule is CN(C)S(=O)(=O)c1ccccc1CN1C[C@H](C(=O)O)CC1=O. The normalized spacial score (nSPS) is 19.0. The summed E-state index contributed by atoms with van der Waals surface area (Å²) in [6, 6.07) is 6.43. The van der Waals surface area contributed by atoms with E-state index in [4.69, 9.17) is 5.11 Å². The number of amides is 1. The number of carboxylic acids is 1. The fraction of sp³-hybridized carbons (Fsp3) is 0.429. The van der Waals surface area contributed by atoms with Crippen LogP contribution in [0.25, 0.3) is 0 Å². The van der Waals surface area contributed by atoms with Gasteiger partial charge in [0, 0.05) is 33.6 Å². The number of carbonyl (C=O) groups is 2. The van der Waals surface area contributed by atoms with Crippen molar-refractivity contribution >= 4 is 21.9 Å². The van der Waals surface area contributed by atoms with Crippen molar-refractivity contribution in [2.45, 2.75) is 17.9 Å². The lowest BCUT2D eigenvalue weighted by molar-refractivity contribution is -0.141. The van der Waals surface area contributed by atoms with Crippen LogP contribution in [0.1, 0.15) is 12.0 Å². The van der Waals surface area contributed by atoms with Crippen LogP contribution in [0.3, 0.4) is 0 Å². The molecule has 0 aromatic heterocycles. The van der Waals surface area contributed by atoms with Gasteiger partial charge in [-0.1, -0.05) is 18.2 Å². The van der Waals surface area contributed by atoms with Gasteiger partial charge in [0.1, 0.15) is 0 Å². The number of benzene rings is 1. The van der Waals surface area contributed by atoms with Gasteiger partial charge in [-0.3, -0.25) is 9.59 Å². The zero-order valence-corrected chi connectivity index (χ0v) is 13.2. The Bertz CT molecular complexity index is 699. The summed E-state index contributed by atoms with van der Waals surface area (Å²) in [5.74, 6) is -2.01. The second-order valence-electron chi connectivity index (χ2n) is 5.41. The molecule has 120 valence electrons. The molecule has 0 spiro atoms. The molecule has 0 bridgehead atoms. The molecule has 0 radical (unpaired) electrons. The summed E-state index contributed by atoms with van der Waals surface area (Å²) >= 11 is 0. The fourth-order valence-corrected chi connectivity index (χ4v) is 3.49. The molecule has 1 amide bonds. The number of sulfonamides is 1. The zero-order valence-electron chi connectivity index (χ0n) is 12.4. The summed E-state index contributed by atoms with van der Waals surface area (Å²) in [5, 5.41) is 8.99. The van der Waals surface area contributed by atoms with E-state index in [9.17, 15) is 18.0 Å². The fourth-order valence-electron chi connectivity index (χ4n) is 2.38. The predicted molar refractivity (Wildman–Crippen MR) is 78.5 cm³/mol. The lowest BCUT2D eigenvalue weighted by atomic mass is 10.1. The Kier molecular flexibility index (Phi) is 4.52. The highest BCUT2D eigenvalue weighted by Crippen LogP contribution is 2.24. The van der Waals surface area contributed by atoms with Crippen molar-refractivity contribution in [3.05, 3.63) is 29.8 Å². The molecule has 1 saturated heterocycles. The molecule has 1 aliphatic rings. The van der Waals surface area contributed by atoms with Gasteiger partial charge in [-0.15, -0.1) is 0 Å². The van der Waals surface area contributed by atoms with E-state index in [1.807, 2.05) is 0 Å². The van der Waals surface area contributed by atoms with Crippen LogP contribution < -0.4 is 0 Å². The minimum absolute atomic E-state index is 0.0437. The van der Waals surface area contributed by atoms with Crippen molar-refractivity contribution < 1.29 is 23.1 Å². The number of carboxylic acid groups (broad SMARTS) is 1. The van der Waals surface area contributed by atoms with E-state index < -0.39 is 21.9 Å². The molecule has 1 atom stereocenters. The van der Waals surface area contributed by atoms with E-state index in [2.05, 4.69) is 0 Å². The molecule has 7 nitrogen and oxygen atoms in total. The van der Waals surface area contributed by atoms with Gasteiger partial charge in [-0.25, -0.2) is 12.7 Å². The number of hydrogen-bond acceptors (Lipinski definition) is 4. The number of rotatable bonds is 5. The maximum absolute atomic E-state index is 12.3. The van der Waals surface area contributed by atoms with Gasteiger partial charge in [0.05, 0.1) is 10.8 Å². The Morgan fingerprint density at radius 1 is 1.36 bits per heavy atom. The smallest absolute Gasteiger partial charge is 0.308 e. The lowest BCUT2D eigenvalue weighted by Crippen LogP contribution is -2.28. The first-order valence-corrected chi connectivity index (χ1v) is 8.18. The number of carbonyl (C=O) groups excluding carboxylic acids is 1. The third-order valence-corrected chi connectivity index (χ3v) is 5.57. The molecular weight excluding hydrogens is 308 g/mol. The second-order valence-corrected chi connectivity index (χ2v) is 7.53. The Balaban J connectivity index is 2.29. The lowest BCUT2D eigenvalue weighted by Gasteiger charge is -2.20. The van der Waals surface area contributed by atoms with Crippen molar-refractivity contribution in [1.29, 1.82) is 0 Å². The van der Waals surface area contributed by atoms with Crippen LogP contribution in [-0.4, -0.2) is 55.2 Å². The van der Waals surface area contributed by atoms with Gasteiger partial charge in [0.25, 0.3) is 0 Å². The molecule has 0 saturated carbocycles. The number of nitrogens with zero attached hydrogens (tertiary/aromatic N) is 2. The monoisotopic (exact) mass is 326 g/mol. The minimum Gasteiger partial charge on any atom is -0.481 e. The molecule has 22 heavy (non-hydrogen) atoms. The van der Waals surface area contributed by atoms with Gasteiger partial charge in [-0.05, 0) is 11.6 Å². The molecule has 1 fully saturated rings. The first kappa shape index (κ1) is 16.4. The standard InChI is InChI=1S/C14H18N2O5S/c1-15(2)22(20,21)12-6-4-3-5-10(12)8-16-9-11(14(18)19)7-13(16)17/h3-6,11H,7-9H2,1-2H3,(H,18,19)/t11-/m1/s1. The Morgan fingerprint density at radius 3 is 2.55 bits per heavy atom. The zero-order chi connectivity index (χ0) is 16.5. The topological polar surface area (TPSA) is 95.0 Å². The predicted octanol–water partition coefficient (Wildman–Crippen LogP) is 0.370. The largest absolute Gasteiger partial charge is 0.481 e. The van der Waals surface area contributed by atoms with Crippen LogP contribution >= 0.6 is 0 Å². The Hall–Kier alpha value is -1.93. The summed E-state index contributed by atoms with van der Waals surface area (Å²) in [4.78, 5) is 24.4. The van der Waals surface area contributed by atoms with Gasteiger partial charge >= 0.3 is 5.97 Å². The number of likely N-dealkylation sites (tertiary alicyclic amines) is 1. The van der Waals surface area contributed by atoms with Crippen molar-refractivity contribution in [3.63, 3.8) is 0 Å². The van der Waals surface area contributed by atoms with E-state index in [-0.39, 0.29) is 30.3 Å². The van der Waals surface area contributed by atoms with E-state index in [0.717, 1.165) is 4.31 Å². The summed E-state index contributed by atoms with van der Waals surface area (Å²) in [5.41, 5.74) is 0.482. The summed E-state index contributed by atoms with van der Waals surface area (Å²) in [6.07, 6.45) is -0.0437. The minimum atomic E-state index is -3.62. The molecule has 1 aliphatic heterocycles. The first-order valence-electron chi connectivity index (χ1n) is 6.74. The highest BCUT2D eigenvalue weighted by Gasteiger charge is 2.35. The molecule has 1 aromatic carbocycles. The van der Waals surface area contributed by atoms with Crippen LogP contribution in [0.5, 0.6) is 0 Å². The molecule has 1 N–H and O–H groups in total. The highest BCUT2D eigenvalue weighted by atomic mass is 32.2. The van der Waals surface area contributed by atoms with Crippen LogP contribution in [0.2, 0.25) is 0 Å². The van der Waals surface area contributed by atoms with Gasteiger partial charge in [-0.2, -0.15) is 0 Å². The maximum Gasteiger partial charge on any atom is 0.308 e. The van der Waals surface area contributed by atoms with Crippen molar-refractivity contribution in [1.82, 2.24) is 9.21 Å². The maximum atomic E-state index is 12.3. The first-order chi connectivity index (χ1) is 10.2. The summed E-state index contributed by atoms with van der Waals surface area (Å²) in [6.45, 7) is 0.191. The molecule has 0 aliphatic carbocycles. The van der Waals surface area contributed by atoms with E-state index in [1.54, 1.807) is 18.2 Å². The van der Waals surface area contributed by atoms with Crippen LogP contribution in [0.15, 0.2) is 29.2 Å². The van der Waals surface area contributed by atoms with Crippen LogP contribution in [0, 0.1) is 5.92 Å². The van der Waals surface area contributed by atoms with Crippen molar-refractivity contribution in [2.24, 2.45) is 5.92 Å². The average molecular weight is 326 g/mol. The highest BCUT2D eigenvalue weighted by molar-refractivity contribution is 7.89. The van der Waals surface area contributed by atoms with E-state index >= 15 is 0 Å². The van der Waals surface area contributed by atoms with Crippen LogP contribution in [-0.2, 0) is 26.2 Å².